The van der Waals surface area contributed by atoms with Crippen LogP contribution in [0.25, 0.3) is 0 Å². The molecule has 0 aliphatic carbocycles. The van der Waals surface area contributed by atoms with Crippen molar-refractivity contribution in [3.8, 4) is 0 Å². The summed E-state index contributed by atoms with van der Waals surface area (Å²) in [6.45, 7) is 4.27. The molecule has 0 N–H and O–H groups in total. The molecule has 0 aromatic rings. The SMILES string of the molecule is CCC(C)C(=O)OC1CCOCC1=O. The lowest BCUT2D eigenvalue weighted by Crippen LogP contribution is -2.37. The van der Waals surface area contributed by atoms with Gasteiger partial charge >= 0.3 is 5.97 Å². The third-order valence-electron chi connectivity index (χ3n) is 2.40. The smallest absolute Gasteiger partial charge is 0.309 e. The van der Waals surface area contributed by atoms with E-state index in [0.717, 1.165) is 6.42 Å². The van der Waals surface area contributed by atoms with E-state index in [1.807, 2.05) is 6.92 Å². The molecular weight excluding hydrogens is 184 g/mol. The van der Waals surface area contributed by atoms with Gasteiger partial charge in [-0.05, 0) is 6.42 Å². The second-order valence-corrected chi connectivity index (χ2v) is 3.54. The molecule has 1 aliphatic rings. The lowest BCUT2D eigenvalue weighted by atomic mass is 10.1. The van der Waals surface area contributed by atoms with E-state index in [9.17, 15) is 9.59 Å². The monoisotopic (exact) mass is 200 g/mol. The van der Waals surface area contributed by atoms with Crippen molar-refractivity contribution in [2.24, 2.45) is 5.92 Å². The van der Waals surface area contributed by atoms with Gasteiger partial charge < -0.3 is 9.47 Å². The molecule has 1 heterocycles. The number of esters is 1. The standard InChI is InChI=1S/C10H16O4/c1-3-7(2)10(12)14-9-4-5-13-6-8(9)11/h7,9H,3-6H2,1-2H3. The molecule has 80 valence electrons. The van der Waals surface area contributed by atoms with E-state index in [2.05, 4.69) is 0 Å². The van der Waals surface area contributed by atoms with E-state index in [1.54, 1.807) is 6.92 Å². The molecule has 1 saturated heterocycles. The van der Waals surface area contributed by atoms with Crippen molar-refractivity contribution in [1.29, 1.82) is 0 Å². The Bertz CT molecular complexity index is 224. The van der Waals surface area contributed by atoms with Crippen molar-refractivity contribution in [2.45, 2.75) is 32.8 Å². The third-order valence-corrected chi connectivity index (χ3v) is 2.40. The Hall–Kier alpha value is -0.900. The average molecular weight is 200 g/mol. The van der Waals surface area contributed by atoms with Gasteiger partial charge in [0.2, 0.25) is 0 Å². The van der Waals surface area contributed by atoms with E-state index in [1.165, 1.54) is 0 Å². The predicted octanol–water partition coefficient (Wildman–Crippen LogP) is 0.934. The Morgan fingerprint density at radius 3 is 3.00 bits per heavy atom. The molecule has 1 rings (SSSR count). The molecule has 2 unspecified atom stereocenters. The van der Waals surface area contributed by atoms with Crippen LogP contribution in [-0.4, -0.2) is 31.1 Å². The fraction of sp³-hybridized carbons (Fsp3) is 0.800. The molecule has 0 aromatic heterocycles. The first-order valence-corrected chi connectivity index (χ1v) is 4.96. The highest BCUT2D eigenvalue weighted by atomic mass is 16.6. The molecule has 14 heavy (non-hydrogen) atoms. The summed E-state index contributed by atoms with van der Waals surface area (Å²) in [6, 6.07) is 0. The number of carbonyl (C=O) groups is 2. The number of hydrogen-bond donors (Lipinski definition) is 0. The van der Waals surface area contributed by atoms with E-state index < -0.39 is 6.10 Å². The van der Waals surface area contributed by atoms with E-state index in [4.69, 9.17) is 9.47 Å². The minimum atomic E-state index is -0.578. The normalized spacial score (nSPS) is 24.4. The summed E-state index contributed by atoms with van der Waals surface area (Å²) >= 11 is 0. The van der Waals surface area contributed by atoms with Crippen LogP contribution in [-0.2, 0) is 19.1 Å². The van der Waals surface area contributed by atoms with Crippen LogP contribution in [0.1, 0.15) is 26.7 Å². The molecule has 2 atom stereocenters. The Balaban J connectivity index is 2.42. The van der Waals surface area contributed by atoms with Crippen LogP contribution in [0.4, 0.5) is 0 Å². The minimum Gasteiger partial charge on any atom is -0.454 e. The summed E-state index contributed by atoms with van der Waals surface area (Å²) in [5.41, 5.74) is 0. The number of ketones is 1. The van der Waals surface area contributed by atoms with Gasteiger partial charge in [0, 0.05) is 6.42 Å². The summed E-state index contributed by atoms with van der Waals surface area (Å²) in [6.07, 6.45) is 0.641. The number of ether oxygens (including phenoxy) is 2. The summed E-state index contributed by atoms with van der Waals surface area (Å²) in [4.78, 5) is 22.6. The Kier molecular flexibility index (Phi) is 4.07. The maximum atomic E-state index is 11.4. The fourth-order valence-electron chi connectivity index (χ4n) is 1.16. The lowest BCUT2D eigenvalue weighted by Gasteiger charge is -2.22. The van der Waals surface area contributed by atoms with Gasteiger partial charge in [-0.1, -0.05) is 13.8 Å². The third kappa shape index (κ3) is 2.80. The van der Waals surface area contributed by atoms with Gasteiger partial charge in [-0.25, -0.2) is 0 Å². The topological polar surface area (TPSA) is 52.6 Å². The van der Waals surface area contributed by atoms with Gasteiger partial charge in [0.25, 0.3) is 0 Å². The van der Waals surface area contributed by atoms with Crippen LogP contribution in [0, 0.1) is 5.92 Å². The number of rotatable bonds is 3. The molecule has 0 aromatic carbocycles. The molecule has 4 nitrogen and oxygen atoms in total. The Morgan fingerprint density at radius 2 is 2.43 bits per heavy atom. The van der Waals surface area contributed by atoms with Crippen molar-refractivity contribution in [3.05, 3.63) is 0 Å². The van der Waals surface area contributed by atoms with Crippen LogP contribution in [0.2, 0.25) is 0 Å². The zero-order chi connectivity index (χ0) is 10.6. The maximum absolute atomic E-state index is 11.4. The summed E-state index contributed by atoms with van der Waals surface area (Å²) < 4.78 is 10.0. The second kappa shape index (κ2) is 5.10. The Labute approximate surface area is 83.6 Å². The van der Waals surface area contributed by atoms with Crippen LogP contribution < -0.4 is 0 Å². The molecular formula is C10H16O4. The van der Waals surface area contributed by atoms with Crippen LogP contribution in [0.5, 0.6) is 0 Å². The quantitative estimate of drug-likeness (QED) is 0.636. The van der Waals surface area contributed by atoms with Crippen molar-refractivity contribution < 1.29 is 19.1 Å². The molecule has 0 amide bonds. The minimum absolute atomic E-state index is 0.0679. The van der Waals surface area contributed by atoms with Crippen LogP contribution in [0.3, 0.4) is 0 Å². The van der Waals surface area contributed by atoms with Crippen molar-refractivity contribution in [2.75, 3.05) is 13.2 Å². The average Bonchev–Trinajstić information content (AvgIpc) is 2.20. The van der Waals surface area contributed by atoms with E-state index in [0.29, 0.717) is 13.0 Å². The predicted molar refractivity (Wildman–Crippen MR) is 49.8 cm³/mol. The second-order valence-electron chi connectivity index (χ2n) is 3.54. The van der Waals surface area contributed by atoms with Gasteiger partial charge in [0.1, 0.15) is 6.61 Å². The van der Waals surface area contributed by atoms with Gasteiger partial charge in [-0.2, -0.15) is 0 Å². The highest BCUT2D eigenvalue weighted by Crippen LogP contribution is 2.11. The number of Topliss-reactive ketones (excluding diaryl/α,β-unsaturated/α-hetero) is 1. The molecule has 1 fully saturated rings. The van der Waals surface area contributed by atoms with Crippen LogP contribution >= 0.6 is 0 Å². The molecule has 0 radical (unpaired) electrons. The maximum Gasteiger partial charge on any atom is 0.309 e. The lowest BCUT2D eigenvalue weighted by molar-refractivity contribution is -0.164. The molecule has 0 spiro atoms. The largest absolute Gasteiger partial charge is 0.454 e. The molecule has 0 bridgehead atoms. The molecule has 0 saturated carbocycles. The Morgan fingerprint density at radius 1 is 1.71 bits per heavy atom. The zero-order valence-corrected chi connectivity index (χ0v) is 8.62. The first kappa shape index (κ1) is 11.2. The molecule has 1 aliphatic heterocycles. The number of hydrogen-bond acceptors (Lipinski definition) is 4. The van der Waals surface area contributed by atoms with Gasteiger partial charge in [0.05, 0.1) is 12.5 Å². The highest BCUT2D eigenvalue weighted by molar-refractivity contribution is 5.87. The van der Waals surface area contributed by atoms with Crippen molar-refractivity contribution in [3.63, 3.8) is 0 Å². The van der Waals surface area contributed by atoms with Gasteiger partial charge in [-0.15, -0.1) is 0 Å². The summed E-state index contributed by atoms with van der Waals surface area (Å²) in [5, 5.41) is 0. The van der Waals surface area contributed by atoms with Crippen molar-refractivity contribution in [1.82, 2.24) is 0 Å². The summed E-state index contributed by atoms with van der Waals surface area (Å²) in [7, 11) is 0. The highest BCUT2D eigenvalue weighted by Gasteiger charge is 2.27. The van der Waals surface area contributed by atoms with Gasteiger partial charge in [-0.3, -0.25) is 9.59 Å². The first-order valence-electron chi connectivity index (χ1n) is 4.96. The van der Waals surface area contributed by atoms with E-state index >= 15 is 0 Å². The van der Waals surface area contributed by atoms with Gasteiger partial charge in [0.15, 0.2) is 11.9 Å². The van der Waals surface area contributed by atoms with Crippen LogP contribution in [0.15, 0.2) is 0 Å². The zero-order valence-electron chi connectivity index (χ0n) is 8.62. The fourth-order valence-corrected chi connectivity index (χ4v) is 1.16. The molecule has 4 heteroatoms. The first-order chi connectivity index (χ1) is 6.65. The van der Waals surface area contributed by atoms with Crippen molar-refractivity contribution >= 4 is 11.8 Å². The van der Waals surface area contributed by atoms with E-state index in [-0.39, 0.29) is 24.3 Å². The number of carbonyl (C=O) groups excluding carboxylic acids is 2. The summed E-state index contributed by atoms with van der Waals surface area (Å²) in [5.74, 6) is -0.550.